The zero-order chi connectivity index (χ0) is 17.1. The van der Waals surface area contributed by atoms with Crippen molar-refractivity contribution in [3.8, 4) is 11.3 Å². The average Bonchev–Trinajstić information content (AvgIpc) is 2.59. The minimum absolute atomic E-state index is 0.258. The predicted molar refractivity (Wildman–Crippen MR) is 98.2 cm³/mol. The van der Waals surface area contributed by atoms with Crippen LogP contribution in [0.3, 0.4) is 0 Å². The molecule has 0 N–H and O–H groups in total. The summed E-state index contributed by atoms with van der Waals surface area (Å²) in [5.41, 5.74) is 5.76. The summed E-state index contributed by atoms with van der Waals surface area (Å²) in [7, 11) is 0. The third kappa shape index (κ3) is 3.07. The van der Waals surface area contributed by atoms with Gasteiger partial charge in [-0.25, -0.2) is 4.39 Å². The molecule has 0 unspecified atom stereocenters. The number of fused-ring (bicyclic) bond motifs is 1. The van der Waals surface area contributed by atoms with E-state index in [1.165, 1.54) is 6.07 Å². The van der Waals surface area contributed by atoms with Crippen LogP contribution in [-0.4, -0.2) is 9.97 Å². The molecule has 0 aliphatic heterocycles. The quantitative estimate of drug-likeness (QED) is 0.594. The van der Waals surface area contributed by atoms with Crippen molar-refractivity contribution in [2.45, 2.75) is 33.6 Å². The van der Waals surface area contributed by atoms with Gasteiger partial charge in [0.1, 0.15) is 5.82 Å². The van der Waals surface area contributed by atoms with Crippen molar-refractivity contribution < 1.29 is 4.39 Å². The van der Waals surface area contributed by atoms with Crippen molar-refractivity contribution in [2.24, 2.45) is 0 Å². The third-order valence-electron chi connectivity index (χ3n) is 4.18. The van der Waals surface area contributed by atoms with Gasteiger partial charge in [0.15, 0.2) is 0 Å². The molecule has 2 heterocycles. The minimum Gasteiger partial charge on any atom is -0.256 e. The maximum Gasteiger partial charge on any atom is 0.123 e. The van der Waals surface area contributed by atoms with Crippen molar-refractivity contribution in [3.05, 3.63) is 65.7 Å². The summed E-state index contributed by atoms with van der Waals surface area (Å²) in [5.74, 6) is -0.258. The number of rotatable bonds is 4. The van der Waals surface area contributed by atoms with Crippen LogP contribution in [0.5, 0.6) is 0 Å². The van der Waals surface area contributed by atoms with Gasteiger partial charge in [-0.05, 0) is 56.2 Å². The van der Waals surface area contributed by atoms with Crippen LogP contribution in [-0.2, 0) is 0 Å². The number of benzene rings is 1. The second-order valence-electron chi connectivity index (χ2n) is 6.00. The Morgan fingerprint density at radius 3 is 2.75 bits per heavy atom. The van der Waals surface area contributed by atoms with Crippen molar-refractivity contribution >= 4 is 16.5 Å². The van der Waals surface area contributed by atoms with Gasteiger partial charge in [-0.2, -0.15) is 0 Å². The van der Waals surface area contributed by atoms with E-state index in [9.17, 15) is 4.39 Å². The summed E-state index contributed by atoms with van der Waals surface area (Å²) in [6, 6.07) is 10.6. The fraction of sp³-hybridized carbons (Fsp3) is 0.238. The molecule has 0 spiro atoms. The normalized spacial score (nSPS) is 11.9. The molecule has 0 saturated carbocycles. The lowest BCUT2D eigenvalue weighted by Gasteiger charge is -2.16. The molecule has 3 heteroatoms. The number of nitrogens with zero attached hydrogens (tertiary/aromatic N) is 2. The van der Waals surface area contributed by atoms with Crippen LogP contribution >= 0.6 is 0 Å². The molecule has 0 saturated heterocycles. The molecule has 3 rings (SSSR count). The lowest BCUT2D eigenvalue weighted by molar-refractivity contribution is 0.629. The van der Waals surface area contributed by atoms with E-state index >= 15 is 0 Å². The fourth-order valence-corrected chi connectivity index (χ4v) is 3.08. The van der Waals surface area contributed by atoms with E-state index in [2.05, 4.69) is 24.9 Å². The number of unbranched alkanes of at least 4 members (excludes halogenated alkanes) is 1. The highest BCUT2D eigenvalue weighted by molar-refractivity contribution is 6.00. The highest BCUT2D eigenvalue weighted by atomic mass is 19.1. The van der Waals surface area contributed by atoms with Crippen LogP contribution in [0.1, 0.15) is 37.9 Å². The molecule has 24 heavy (non-hydrogen) atoms. The smallest absolute Gasteiger partial charge is 0.123 e. The summed E-state index contributed by atoms with van der Waals surface area (Å²) in [6.45, 7) is 6.26. The first-order valence-corrected chi connectivity index (χ1v) is 8.30. The van der Waals surface area contributed by atoms with E-state index in [0.29, 0.717) is 0 Å². The van der Waals surface area contributed by atoms with Gasteiger partial charge in [-0.15, -0.1) is 0 Å². The molecular formula is C21H21FN2. The Hall–Kier alpha value is -2.55. The van der Waals surface area contributed by atoms with Gasteiger partial charge in [-0.1, -0.05) is 25.5 Å². The van der Waals surface area contributed by atoms with Gasteiger partial charge in [-0.3, -0.25) is 9.97 Å². The van der Waals surface area contributed by atoms with E-state index in [4.69, 9.17) is 4.98 Å². The van der Waals surface area contributed by atoms with Gasteiger partial charge < -0.3 is 0 Å². The van der Waals surface area contributed by atoms with Gasteiger partial charge in [0, 0.05) is 28.4 Å². The lowest BCUT2D eigenvalue weighted by Crippen LogP contribution is -1.99. The molecule has 0 fully saturated rings. The van der Waals surface area contributed by atoms with Crippen molar-refractivity contribution in [3.63, 3.8) is 0 Å². The maximum atomic E-state index is 13.9. The number of aromatic nitrogens is 2. The number of hydrogen-bond donors (Lipinski definition) is 0. The van der Waals surface area contributed by atoms with Crippen LogP contribution < -0.4 is 0 Å². The van der Waals surface area contributed by atoms with Crippen molar-refractivity contribution in [1.29, 1.82) is 0 Å². The lowest BCUT2D eigenvalue weighted by atomic mass is 9.92. The maximum absolute atomic E-state index is 13.9. The molecule has 0 bridgehead atoms. The third-order valence-corrected chi connectivity index (χ3v) is 4.18. The predicted octanol–water partition coefficient (Wildman–Crippen LogP) is 5.95. The van der Waals surface area contributed by atoms with E-state index in [0.717, 1.165) is 51.8 Å². The number of pyridine rings is 2. The largest absolute Gasteiger partial charge is 0.256 e. The molecule has 0 atom stereocenters. The fourth-order valence-electron chi connectivity index (χ4n) is 3.08. The first-order chi connectivity index (χ1) is 11.6. The Kier molecular flexibility index (Phi) is 4.70. The second-order valence-corrected chi connectivity index (χ2v) is 6.00. The second kappa shape index (κ2) is 6.91. The van der Waals surface area contributed by atoms with E-state index in [-0.39, 0.29) is 5.82 Å². The van der Waals surface area contributed by atoms with E-state index in [1.807, 2.05) is 25.1 Å². The number of allylic oxidation sites excluding steroid dienone is 2. The molecule has 0 aliphatic carbocycles. The Morgan fingerprint density at radius 1 is 1.21 bits per heavy atom. The van der Waals surface area contributed by atoms with Crippen LogP contribution in [0.4, 0.5) is 4.39 Å². The molecule has 2 aromatic heterocycles. The number of halogens is 1. The summed E-state index contributed by atoms with van der Waals surface area (Å²) >= 11 is 0. The Labute approximate surface area is 142 Å². The van der Waals surface area contributed by atoms with Gasteiger partial charge >= 0.3 is 0 Å². The van der Waals surface area contributed by atoms with Crippen molar-refractivity contribution in [1.82, 2.24) is 9.97 Å². The van der Waals surface area contributed by atoms with Gasteiger partial charge in [0.05, 0.1) is 11.2 Å². The SMILES string of the molecule is CCC/C=C(\C)c1c(C)nc2ccc(F)cc2c1-c1ccccn1. The van der Waals surface area contributed by atoms with Crippen LogP contribution in [0.2, 0.25) is 0 Å². The van der Waals surface area contributed by atoms with Crippen molar-refractivity contribution in [2.75, 3.05) is 0 Å². The summed E-state index contributed by atoms with van der Waals surface area (Å²) in [5, 5.41) is 0.804. The first kappa shape index (κ1) is 16.3. The Balaban J connectivity index is 2.39. The highest BCUT2D eigenvalue weighted by Crippen LogP contribution is 2.36. The molecule has 0 amide bonds. The van der Waals surface area contributed by atoms with Crippen LogP contribution in [0.15, 0.2) is 48.7 Å². The minimum atomic E-state index is -0.258. The Bertz CT molecular complexity index is 899. The highest BCUT2D eigenvalue weighted by Gasteiger charge is 2.17. The van der Waals surface area contributed by atoms with E-state index in [1.54, 1.807) is 18.3 Å². The van der Waals surface area contributed by atoms with E-state index < -0.39 is 0 Å². The summed E-state index contributed by atoms with van der Waals surface area (Å²) in [4.78, 5) is 9.21. The zero-order valence-corrected chi connectivity index (χ0v) is 14.3. The summed E-state index contributed by atoms with van der Waals surface area (Å²) < 4.78 is 13.9. The monoisotopic (exact) mass is 320 g/mol. The van der Waals surface area contributed by atoms with Gasteiger partial charge in [0.2, 0.25) is 0 Å². The topological polar surface area (TPSA) is 25.8 Å². The molecule has 2 nitrogen and oxygen atoms in total. The molecule has 1 aromatic carbocycles. The molecule has 122 valence electrons. The molecular weight excluding hydrogens is 299 g/mol. The van der Waals surface area contributed by atoms with Gasteiger partial charge in [0.25, 0.3) is 0 Å². The van der Waals surface area contributed by atoms with Crippen LogP contribution in [0.25, 0.3) is 27.7 Å². The van der Waals surface area contributed by atoms with Crippen LogP contribution in [0, 0.1) is 12.7 Å². The molecule has 3 aromatic rings. The standard InChI is InChI=1S/C21H21FN2/c1-4-5-8-14(2)20-15(3)24-18-11-10-16(22)13-17(18)21(20)19-9-6-7-12-23-19/h6-13H,4-5H2,1-3H3/b14-8+. The molecule has 0 aliphatic rings. The summed E-state index contributed by atoms with van der Waals surface area (Å²) in [6.07, 6.45) is 6.09. The number of hydrogen-bond acceptors (Lipinski definition) is 2. The Morgan fingerprint density at radius 2 is 2.04 bits per heavy atom. The number of aryl methyl sites for hydroxylation is 1. The first-order valence-electron chi connectivity index (χ1n) is 8.30. The molecule has 0 radical (unpaired) electrons. The average molecular weight is 320 g/mol. The zero-order valence-electron chi connectivity index (χ0n) is 14.3.